The Morgan fingerprint density at radius 3 is 2.57 bits per heavy atom. The molecule has 6 heteroatoms. The highest BCUT2D eigenvalue weighted by Gasteiger charge is 2.31. The van der Waals surface area contributed by atoms with Crippen LogP contribution in [0, 0.1) is 17.6 Å². The van der Waals surface area contributed by atoms with Gasteiger partial charge in [0.2, 0.25) is 5.91 Å². The first-order valence-electron chi connectivity index (χ1n) is 6.93. The number of carbonyl (C=O) groups is 2. The minimum atomic E-state index is -0.999. The molecule has 0 heterocycles. The first-order valence-corrected chi connectivity index (χ1v) is 6.93. The lowest BCUT2D eigenvalue weighted by Crippen LogP contribution is -2.45. The molecule has 0 spiro atoms. The van der Waals surface area contributed by atoms with Crippen LogP contribution in [0.15, 0.2) is 18.2 Å². The van der Waals surface area contributed by atoms with E-state index in [1.54, 1.807) is 0 Å². The number of aliphatic carboxylic acids is 1. The van der Waals surface area contributed by atoms with Crippen LogP contribution in [0.1, 0.15) is 31.2 Å². The SMILES string of the molecule is O=C(Cc1ccc(F)c(F)c1)NC1CCCCC1C(=O)O. The summed E-state index contributed by atoms with van der Waals surface area (Å²) in [4.78, 5) is 23.1. The predicted octanol–water partition coefficient (Wildman–Crippen LogP) is 2.27. The van der Waals surface area contributed by atoms with Crippen LogP contribution >= 0.6 is 0 Å². The van der Waals surface area contributed by atoms with E-state index in [9.17, 15) is 18.4 Å². The summed E-state index contributed by atoms with van der Waals surface area (Å²) in [6.45, 7) is 0. The molecule has 0 saturated heterocycles. The molecular formula is C15H17F2NO3. The number of rotatable bonds is 4. The topological polar surface area (TPSA) is 66.4 Å². The van der Waals surface area contributed by atoms with Gasteiger partial charge < -0.3 is 10.4 Å². The van der Waals surface area contributed by atoms with Gasteiger partial charge >= 0.3 is 5.97 Å². The first-order chi connectivity index (χ1) is 9.97. The number of carboxylic acids is 1. The fraction of sp³-hybridized carbons (Fsp3) is 0.467. The predicted molar refractivity (Wildman–Crippen MR) is 71.6 cm³/mol. The van der Waals surface area contributed by atoms with Gasteiger partial charge in [0.1, 0.15) is 0 Å². The number of nitrogens with one attached hydrogen (secondary N) is 1. The monoisotopic (exact) mass is 297 g/mol. The highest BCUT2D eigenvalue weighted by Crippen LogP contribution is 2.24. The van der Waals surface area contributed by atoms with E-state index in [4.69, 9.17) is 5.11 Å². The molecule has 1 saturated carbocycles. The average Bonchev–Trinajstić information content (AvgIpc) is 2.43. The van der Waals surface area contributed by atoms with Crippen LogP contribution in [-0.2, 0) is 16.0 Å². The summed E-state index contributed by atoms with van der Waals surface area (Å²) >= 11 is 0. The lowest BCUT2D eigenvalue weighted by molar-refractivity contribution is -0.144. The van der Waals surface area contributed by atoms with Gasteiger partial charge in [0.05, 0.1) is 12.3 Å². The van der Waals surface area contributed by atoms with Crippen LogP contribution in [0.3, 0.4) is 0 Å². The summed E-state index contributed by atoms with van der Waals surface area (Å²) in [6.07, 6.45) is 2.79. The maximum Gasteiger partial charge on any atom is 0.308 e. The third kappa shape index (κ3) is 4.00. The molecule has 1 amide bonds. The first kappa shape index (κ1) is 15.4. The molecule has 1 fully saturated rings. The highest BCUT2D eigenvalue weighted by atomic mass is 19.2. The van der Waals surface area contributed by atoms with Gasteiger partial charge in [0, 0.05) is 6.04 Å². The molecule has 1 aromatic rings. The molecule has 2 unspecified atom stereocenters. The van der Waals surface area contributed by atoms with Crippen LogP contribution < -0.4 is 5.32 Å². The van der Waals surface area contributed by atoms with Gasteiger partial charge in [-0.1, -0.05) is 18.9 Å². The Hall–Kier alpha value is -1.98. The molecule has 0 aliphatic heterocycles. The molecule has 2 N–H and O–H groups in total. The number of halogens is 2. The Balaban J connectivity index is 1.97. The molecule has 21 heavy (non-hydrogen) atoms. The van der Waals surface area contributed by atoms with Gasteiger partial charge in [-0.3, -0.25) is 9.59 Å². The van der Waals surface area contributed by atoms with Crippen molar-refractivity contribution < 1.29 is 23.5 Å². The van der Waals surface area contributed by atoms with E-state index >= 15 is 0 Å². The van der Waals surface area contributed by atoms with Crippen molar-refractivity contribution in [2.75, 3.05) is 0 Å². The van der Waals surface area contributed by atoms with E-state index in [0.29, 0.717) is 18.4 Å². The summed E-state index contributed by atoms with van der Waals surface area (Å²) in [7, 11) is 0. The highest BCUT2D eigenvalue weighted by molar-refractivity contribution is 5.80. The van der Waals surface area contributed by atoms with Gasteiger partial charge in [0.15, 0.2) is 11.6 Å². The fourth-order valence-corrected chi connectivity index (χ4v) is 2.69. The average molecular weight is 297 g/mol. The third-order valence-electron chi connectivity index (χ3n) is 3.78. The van der Waals surface area contributed by atoms with Gasteiger partial charge in [0.25, 0.3) is 0 Å². The number of carbonyl (C=O) groups excluding carboxylic acids is 1. The molecule has 0 aromatic heterocycles. The van der Waals surface area contributed by atoms with E-state index in [1.165, 1.54) is 6.07 Å². The molecule has 0 radical (unpaired) electrons. The zero-order chi connectivity index (χ0) is 15.4. The standard InChI is InChI=1S/C15H17F2NO3/c16-11-6-5-9(7-12(11)17)8-14(19)18-13-4-2-1-3-10(13)15(20)21/h5-7,10,13H,1-4,8H2,(H,18,19)(H,20,21). The molecule has 0 bridgehead atoms. The van der Waals surface area contributed by atoms with Crippen molar-refractivity contribution in [1.29, 1.82) is 0 Å². The number of hydrogen-bond donors (Lipinski definition) is 2. The lowest BCUT2D eigenvalue weighted by Gasteiger charge is -2.29. The zero-order valence-corrected chi connectivity index (χ0v) is 11.4. The number of amides is 1. The van der Waals surface area contributed by atoms with Crippen molar-refractivity contribution in [3.05, 3.63) is 35.4 Å². The number of benzene rings is 1. The van der Waals surface area contributed by atoms with Gasteiger partial charge in [-0.2, -0.15) is 0 Å². The van der Waals surface area contributed by atoms with Crippen LogP contribution in [0.5, 0.6) is 0 Å². The largest absolute Gasteiger partial charge is 0.481 e. The Morgan fingerprint density at radius 1 is 1.19 bits per heavy atom. The second kappa shape index (κ2) is 6.65. The lowest BCUT2D eigenvalue weighted by atomic mass is 9.84. The van der Waals surface area contributed by atoms with Crippen molar-refractivity contribution in [3.63, 3.8) is 0 Å². The van der Waals surface area contributed by atoms with E-state index < -0.39 is 29.6 Å². The quantitative estimate of drug-likeness (QED) is 0.896. The van der Waals surface area contributed by atoms with Crippen molar-refractivity contribution in [1.82, 2.24) is 5.32 Å². The van der Waals surface area contributed by atoms with Crippen molar-refractivity contribution in [3.8, 4) is 0 Å². The molecule has 1 aromatic carbocycles. The summed E-state index contributed by atoms with van der Waals surface area (Å²) in [5, 5.41) is 11.8. The Bertz CT molecular complexity index is 548. The summed E-state index contributed by atoms with van der Waals surface area (Å²) in [5.74, 6) is -3.82. The smallest absolute Gasteiger partial charge is 0.308 e. The fourth-order valence-electron chi connectivity index (χ4n) is 2.69. The van der Waals surface area contributed by atoms with E-state index in [1.807, 2.05) is 0 Å². The summed E-state index contributed by atoms with van der Waals surface area (Å²) < 4.78 is 25.9. The molecule has 2 atom stereocenters. The Morgan fingerprint density at radius 2 is 1.90 bits per heavy atom. The summed E-state index contributed by atoms with van der Waals surface area (Å²) in [6, 6.07) is 2.89. The normalized spacial score (nSPS) is 21.8. The van der Waals surface area contributed by atoms with Gasteiger partial charge in [-0.15, -0.1) is 0 Å². The Labute approximate surface area is 121 Å². The van der Waals surface area contributed by atoms with Gasteiger partial charge in [-0.25, -0.2) is 8.78 Å². The number of hydrogen-bond acceptors (Lipinski definition) is 2. The number of carboxylic acid groups (broad SMARTS) is 1. The Kier molecular flexibility index (Phi) is 4.88. The minimum Gasteiger partial charge on any atom is -0.481 e. The van der Waals surface area contributed by atoms with Crippen LogP contribution in [0.2, 0.25) is 0 Å². The van der Waals surface area contributed by atoms with E-state index in [2.05, 4.69) is 5.32 Å². The van der Waals surface area contributed by atoms with Gasteiger partial charge in [-0.05, 0) is 30.5 Å². The second-order valence-corrected chi connectivity index (χ2v) is 5.33. The molecule has 4 nitrogen and oxygen atoms in total. The third-order valence-corrected chi connectivity index (χ3v) is 3.78. The van der Waals surface area contributed by atoms with E-state index in [0.717, 1.165) is 25.0 Å². The molecule has 114 valence electrons. The van der Waals surface area contributed by atoms with E-state index in [-0.39, 0.29) is 12.3 Å². The minimum absolute atomic E-state index is 0.0972. The molecule has 1 aliphatic rings. The van der Waals surface area contributed by atoms with Crippen LogP contribution in [0.25, 0.3) is 0 Å². The second-order valence-electron chi connectivity index (χ2n) is 5.33. The molecule has 2 rings (SSSR count). The maximum absolute atomic E-state index is 13.1. The van der Waals surface area contributed by atoms with Crippen LogP contribution in [0.4, 0.5) is 8.78 Å². The maximum atomic E-state index is 13.1. The molecular weight excluding hydrogens is 280 g/mol. The van der Waals surface area contributed by atoms with Crippen molar-refractivity contribution in [2.24, 2.45) is 5.92 Å². The molecule has 1 aliphatic carbocycles. The van der Waals surface area contributed by atoms with Crippen LogP contribution in [-0.4, -0.2) is 23.0 Å². The zero-order valence-electron chi connectivity index (χ0n) is 11.4. The van der Waals surface area contributed by atoms with Crippen molar-refractivity contribution in [2.45, 2.75) is 38.1 Å². The summed E-state index contributed by atoms with van der Waals surface area (Å²) in [5.41, 5.74) is 0.356. The van der Waals surface area contributed by atoms with Crippen molar-refractivity contribution >= 4 is 11.9 Å².